The maximum absolute atomic E-state index is 14.5. The molecule has 1 fully saturated rings. The average molecular weight is 473 g/mol. The monoisotopic (exact) mass is 473 g/mol. The van der Waals surface area contributed by atoms with E-state index in [4.69, 9.17) is 4.74 Å². The molecule has 9 heteroatoms. The Morgan fingerprint density at radius 3 is 2.38 bits per heavy atom. The normalized spacial score (nSPS) is 17.8. The molecule has 0 unspecified atom stereocenters. The van der Waals surface area contributed by atoms with Crippen molar-refractivity contribution in [3.05, 3.63) is 59.4 Å². The first kappa shape index (κ1) is 23.7. The Kier molecular flexibility index (Phi) is 6.29. The van der Waals surface area contributed by atoms with Gasteiger partial charge < -0.3 is 20.4 Å². The summed E-state index contributed by atoms with van der Waals surface area (Å²) in [6.07, 6.45) is 0.426. The van der Waals surface area contributed by atoms with Crippen molar-refractivity contribution in [1.82, 2.24) is 15.6 Å². The Hall–Kier alpha value is -3.49. The fraction of sp³-hybridized carbons (Fsp3) is 0.360. The summed E-state index contributed by atoms with van der Waals surface area (Å²) in [5, 5.41) is 5.69. The molecule has 3 aromatic rings. The van der Waals surface area contributed by atoms with Gasteiger partial charge in [-0.3, -0.25) is 4.79 Å². The molecule has 3 N–H and O–H groups in total. The summed E-state index contributed by atoms with van der Waals surface area (Å²) in [7, 11) is 0. The predicted molar refractivity (Wildman–Crippen MR) is 122 cm³/mol. The zero-order chi connectivity index (χ0) is 24.6. The fourth-order valence-electron chi connectivity index (χ4n) is 4.23. The fourth-order valence-corrected chi connectivity index (χ4v) is 4.23. The third kappa shape index (κ3) is 5.18. The molecule has 1 saturated carbocycles. The van der Waals surface area contributed by atoms with Crippen LogP contribution in [0.5, 0.6) is 0 Å². The number of carbonyl (C=O) groups is 2. The standard InChI is InChI=1S/C25H26F3N3O3/c1-25(2,3)34-24(33)29-12-20(32)30-17-8-14(9-17)21-18-10-16(27)11-19(28)23(18)31-22(21)13-4-6-15(26)7-5-13/h4-7,10-11,14,17,31H,8-9,12H2,1-3H3,(H,29,33)(H,30,32)/t14-,17+. The quantitative estimate of drug-likeness (QED) is 0.480. The maximum Gasteiger partial charge on any atom is 0.408 e. The minimum Gasteiger partial charge on any atom is -0.444 e. The van der Waals surface area contributed by atoms with Gasteiger partial charge in [-0.25, -0.2) is 18.0 Å². The molecule has 2 aromatic carbocycles. The van der Waals surface area contributed by atoms with Crippen molar-refractivity contribution in [3.8, 4) is 11.3 Å². The SMILES string of the molecule is CC(C)(C)OC(=O)NCC(=O)N[C@H]1C[C@@H](c2c(-c3ccc(F)cc3)[nH]c3c(F)cc(F)cc32)C1. The van der Waals surface area contributed by atoms with Crippen molar-refractivity contribution in [1.29, 1.82) is 0 Å². The summed E-state index contributed by atoms with van der Waals surface area (Å²) >= 11 is 0. The van der Waals surface area contributed by atoms with Gasteiger partial charge in [0, 0.05) is 17.5 Å². The number of carbonyl (C=O) groups excluding carboxylic acids is 2. The highest BCUT2D eigenvalue weighted by Crippen LogP contribution is 2.45. The van der Waals surface area contributed by atoms with E-state index in [0.717, 1.165) is 11.6 Å². The Balaban J connectivity index is 1.47. The predicted octanol–water partition coefficient (Wildman–Crippen LogP) is 5.14. The van der Waals surface area contributed by atoms with Crippen LogP contribution in [-0.2, 0) is 9.53 Å². The first-order valence-electron chi connectivity index (χ1n) is 11.0. The molecular formula is C25H26F3N3O3. The van der Waals surface area contributed by atoms with Crippen LogP contribution in [0, 0.1) is 17.5 Å². The molecule has 0 atom stereocenters. The Bertz CT molecular complexity index is 1230. The molecule has 0 bridgehead atoms. The summed E-state index contributed by atoms with van der Waals surface area (Å²) in [5.74, 6) is -2.22. The minimum absolute atomic E-state index is 0.0703. The second-order valence-corrected chi connectivity index (χ2v) is 9.52. The van der Waals surface area contributed by atoms with Gasteiger partial charge in [-0.2, -0.15) is 0 Å². The highest BCUT2D eigenvalue weighted by atomic mass is 19.1. The topological polar surface area (TPSA) is 83.2 Å². The van der Waals surface area contributed by atoms with Crippen molar-refractivity contribution in [2.75, 3.05) is 6.54 Å². The molecule has 4 rings (SSSR count). The van der Waals surface area contributed by atoms with Gasteiger partial charge >= 0.3 is 6.09 Å². The molecule has 2 amide bonds. The van der Waals surface area contributed by atoms with Crippen LogP contribution < -0.4 is 10.6 Å². The molecule has 0 spiro atoms. The molecule has 0 saturated heterocycles. The third-order valence-electron chi connectivity index (χ3n) is 5.70. The smallest absolute Gasteiger partial charge is 0.408 e. The van der Waals surface area contributed by atoms with Crippen LogP contribution in [0.25, 0.3) is 22.2 Å². The second kappa shape index (κ2) is 9.04. The van der Waals surface area contributed by atoms with Crippen molar-refractivity contribution in [3.63, 3.8) is 0 Å². The van der Waals surface area contributed by atoms with Crippen molar-refractivity contribution < 1.29 is 27.5 Å². The van der Waals surface area contributed by atoms with Crippen LogP contribution in [0.3, 0.4) is 0 Å². The van der Waals surface area contributed by atoms with Crippen LogP contribution in [-0.4, -0.2) is 35.2 Å². The van der Waals surface area contributed by atoms with Crippen molar-refractivity contribution in [2.45, 2.75) is 51.2 Å². The number of hydrogen-bond donors (Lipinski definition) is 3. The zero-order valence-corrected chi connectivity index (χ0v) is 19.1. The lowest BCUT2D eigenvalue weighted by molar-refractivity contribution is -0.121. The summed E-state index contributed by atoms with van der Waals surface area (Å²) in [4.78, 5) is 27.0. The van der Waals surface area contributed by atoms with Gasteiger partial charge in [0.1, 0.15) is 29.6 Å². The molecule has 1 aliphatic rings. The first-order chi connectivity index (χ1) is 16.0. The number of alkyl carbamates (subject to hydrolysis) is 1. The Morgan fingerprint density at radius 1 is 1.06 bits per heavy atom. The van der Waals surface area contributed by atoms with E-state index in [2.05, 4.69) is 15.6 Å². The number of hydrogen-bond acceptors (Lipinski definition) is 3. The Labute approximate surface area is 194 Å². The average Bonchev–Trinajstić information content (AvgIpc) is 3.07. The number of benzene rings is 2. The molecule has 1 aromatic heterocycles. The van der Waals surface area contributed by atoms with Crippen LogP contribution >= 0.6 is 0 Å². The van der Waals surface area contributed by atoms with Gasteiger partial charge in [-0.15, -0.1) is 0 Å². The summed E-state index contributed by atoms with van der Waals surface area (Å²) in [6.45, 7) is 4.96. The van der Waals surface area contributed by atoms with Crippen molar-refractivity contribution >= 4 is 22.9 Å². The number of fused-ring (bicyclic) bond motifs is 1. The van der Waals surface area contributed by atoms with Crippen LogP contribution in [0.15, 0.2) is 36.4 Å². The molecule has 1 aliphatic carbocycles. The summed E-state index contributed by atoms with van der Waals surface area (Å²) in [5.41, 5.74) is 1.51. The Morgan fingerprint density at radius 2 is 1.74 bits per heavy atom. The molecule has 1 heterocycles. The van der Waals surface area contributed by atoms with Gasteiger partial charge in [-0.1, -0.05) is 0 Å². The van der Waals surface area contributed by atoms with E-state index in [1.54, 1.807) is 32.9 Å². The lowest BCUT2D eigenvalue weighted by Crippen LogP contribution is -2.47. The summed E-state index contributed by atoms with van der Waals surface area (Å²) in [6, 6.07) is 7.73. The zero-order valence-electron chi connectivity index (χ0n) is 19.1. The second-order valence-electron chi connectivity index (χ2n) is 9.52. The molecular weight excluding hydrogens is 447 g/mol. The number of nitrogens with one attached hydrogen (secondary N) is 3. The van der Waals surface area contributed by atoms with E-state index in [1.165, 1.54) is 18.2 Å². The highest BCUT2D eigenvalue weighted by molar-refractivity contribution is 5.92. The molecule has 180 valence electrons. The lowest BCUT2D eigenvalue weighted by Gasteiger charge is -2.36. The van der Waals surface area contributed by atoms with Gasteiger partial charge in [0.15, 0.2) is 0 Å². The van der Waals surface area contributed by atoms with E-state index >= 15 is 0 Å². The number of halogens is 3. The number of ether oxygens (including phenoxy) is 1. The van der Waals surface area contributed by atoms with E-state index < -0.39 is 29.1 Å². The van der Waals surface area contributed by atoms with Gasteiger partial charge in [0.2, 0.25) is 5.91 Å². The van der Waals surface area contributed by atoms with Crippen molar-refractivity contribution in [2.24, 2.45) is 0 Å². The van der Waals surface area contributed by atoms with Gasteiger partial charge in [0.25, 0.3) is 0 Å². The molecule has 0 aliphatic heterocycles. The molecule has 0 radical (unpaired) electrons. The minimum atomic E-state index is -0.706. The number of aromatic nitrogens is 1. The van der Waals surface area contributed by atoms with Gasteiger partial charge in [0.05, 0.1) is 11.2 Å². The number of rotatable bonds is 5. The third-order valence-corrected chi connectivity index (χ3v) is 5.70. The van der Waals surface area contributed by atoms with Crippen LogP contribution in [0.4, 0.5) is 18.0 Å². The highest BCUT2D eigenvalue weighted by Gasteiger charge is 2.35. The van der Waals surface area contributed by atoms with E-state index in [-0.39, 0.29) is 29.9 Å². The maximum atomic E-state index is 14.5. The number of H-pyrrole nitrogens is 1. The van der Waals surface area contributed by atoms with E-state index in [1.807, 2.05) is 0 Å². The number of aromatic amines is 1. The van der Waals surface area contributed by atoms with Crippen LogP contribution in [0.2, 0.25) is 0 Å². The summed E-state index contributed by atoms with van der Waals surface area (Å²) < 4.78 is 47.0. The van der Waals surface area contributed by atoms with E-state index in [9.17, 15) is 22.8 Å². The van der Waals surface area contributed by atoms with Gasteiger partial charge in [-0.05, 0) is 81.0 Å². The van der Waals surface area contributed by atoms with E-state index in [0.29, 0.717) is 29.5 Å². The molecule has 34 heavy (non-hydrogen) atoms. The first-order valence-corrected chi connectivity index (χ1v) is 11.0. The largest absolute Gasteiger partial charge is 0.444 e. The van der Waals surface area contributed by atoms with Crippen LogP contribution in [0.1, 0.15) is 45.1 Å². The number of amides is 2. The molecule has 6 nitrogen and oxygen atoms in total. The lowest BCUT2D eigenvalue weighted by atomic mass is 9.74.